The maximum Gasteiger partial charge on any atom is 0.416 e. The first-order valence-corrected chi connectivity index (χ1v) is 12.5. The minimum Gasteiger partial charge on any atom is -0.363 e. The van der Waals surface area contributed by atoms with Crippen molar-refractivity contribution in [1.82, 2.24) is 24.5 Å². The number of nitrogens with zero attached hydrogens (tertiary/aromatic N) is 5. The van der Waals surface area contributed by atoms with Crippen molar-refractivity contribution >= 4 is 17.5 Å². The van der Waals surface area contributed by atoms with Gasteiger partial charge in [-0.3, -0.25) is 9.20 Å². The molecule has 7 rings (SSSR count). The highest BCUT2D eigenvalue weighted by molar-refractivity contribution is 5.87. The van der Waals surface area contributed by atoms with Crippen molar-refractivity contribution < 1.29 is 18.0 Å². The molecule has 0 unspecified atom stereocenters. The van der Waals surface area contributed by atoms with E-state index in [9.17, 15) is 18.0 Å². The first-order valence-electron chi connectivity index (χ1n) is 12.5. The van der Waals surface area contributed by atoms with Gasteiger partial charge in [0.15, 0.2) is 0 Å². The molecular weight excluding hydrogens is 469 g/mol. The predicted molar refractivity (Wildman–Crippen MR) is 127 cm³/mol. The monoisotopic (exact) mass is 498 g/mol. The number of aromatic nitrogens is 4. The number of fused-ring (bicyclic) bond motifs is 3. The molecule has 3 saturated carbocycles. The van der Waals surface area contributed by atoms with Crippen molar-refractivity contribution in [1.29, 1.82) is 0 Å². The van der Waals surface area contributed by atoms with E-state index in [-0.39, 0.29) is 17.2 Å². The normalized spacial score (nSPS) is 25.5. The van der Waals surface area contributed by atoms with Crippen LogP contribution in [-0.2, 0) is 24.1 Å². The molecule has 190 valence electrons. The average molecular weight is 499 g/mol. The SMILES string of the molecule is CC(C)c1nnc2nc(N[C@H](C)c3cccc(C(F)(F)F)c3)c3c(n12)CN(C(=O)C12CC(C1)[C@@H]2C)C3. The van der Waals surface area contributed by atoms with Crippen LogP contribution < -0.4 is 5.32 Å². The average Bonchev–Trinajstić information content (AvgIpc) is 3.42. The van der Waals surface area contributed by atoms with Crippen LogP contribution in [0.2, 0.25) is 0 Å². The van der Waals surface area contributed by atoms with Gasteiger partial charge in [-0.1, -0.05) is 32.9 Å². The topological polar surface area (TPSA) is 75.4 Å². The van der Waals surface area contributed by atoms with Crippen LogP contribution >= 0.6 is 0 Å². The Bertz CT molecular complexity index is 1370. The molecule has 0 saturated heterocycles. The van der Waals surface area contributed by atoms with Crippen LogP contribution in [0.4, 0.5) is 19.0 Å². The summed E-state index contributed by atoms with van der Waals surface area (Å²) in [6, 6.07) is 4.86. The highest BCUT2D eigenvalue weighted by Gasteiger charge is 2.68. The van der Waals surface area contributed by atoms with Gasteiger partial charge in [-0.25, -0.2) is 0 Å². The van der Waals surface area contributed by atoms with Crippen LogP contribution in [0.1, 0.15) is 80.7 Å². The lowest BCUT2D eigenvalue weighted by Gasteiger charge is -2.66. The van der Waals surface area contributed by atoms with E-state index in [4.69, 9.17) is 4.98 Å². The molecule has 7 nitrogen and oxygen atoms in total. The number of alkyl halides is 3. The van der Waals surface area contributed by atoms with Crippen molar-refractivity contribution in [3.8, 4) is 0 Å². The Balaban J connectivity index is 1.37. The summed E-state index contributed by atoms with van der Waals surface area (Å²) < 4.78 is 41.8. The standard InChI is InChI=1S/C26H29F3N6O/c1-13(2)22-32-33-24-31-21(30-15(4)16-6-5-7-18(8-16)26(27,28)29)19-11-34(12-20(19)35(22)24)23(36)25-9-17(10-25)14(25)3/h5-8,13-15,17H,9-12H2,1-4H3,(H,30,31,33)/t14-,15+,17?,25?/m0/s1. The number of hydrogen-bond acceptors (Lipinski definition) is 5. The van der Waals surface area contributed by atoms with Crippen molar-refractivity contribution in [2.75, 3.05) is 5.32 Å². The summed E-state index contributed by atoms with van der Waals surface area (Å²) in [6.45, 7) is 8.88. The molecule has 2 atom stereocenters. The number of rotatable bonds is 5. The van der Waals surface area contributed by atoms with Gasteiger partial charge in [0, 0.05) is 17.5 Å². The van der Waals surface area contributed by atoms with E-state index in [1.165, 1.54) is 6.07 Å². The van der Waals surface area contributed by atoms with Gasteiger partial charge in [-0.05, 0) is 49.3 Å². The van der Waals surface area contributed by atoms with E-state index < -0.39 is 17.8 Å². The second kappa shape index (κ2) is 7.66. The number of halogens is 3. The molecule has 3 fully saturated rings. The van der Waals surface area contributed by atoms with Crippen LogP contribution in [0.25, 0.3) is 5.78 Å². The van der Waals surface area contributed by atoms with E-state index in [2.05, 4.69) is 22.4 Å². The zero-order valence-electron chi connectivity index (χ0n) is 20.7. The van der Waals surface area contributed by atoms with E-state index >= 15 is 0 Å². The van der Waals surface area contributed by atoms with Gasteiger partial charge in [0.05, 0.1) is 29.8 Å². The molecule has 36 heavy (non-hydrogen) atoms. The Kier molecular flexibility index (Phi) is 4.95. The fourth-order valence-electron chi connectivity index (χ4n) is 6.14. The molecule has 1 N–H and O–H groups in total. The Morgan fingerprint density at radius 1 is 1.17 bits per heavy atom. The lowest BCUT2D eigenvalue weighted by molar-refractivity contribution is -0.205. The van der Waals surface area contributed by atoms with Crippen LogP contribution in [-0.4, -0.2) is 30.4 Å². The van der Waals surface area contributed by atoms with Gasteiger partial charge in [-0.2, -0.15) is 18.2 Å². The number of nitrogens with one attached hydrogen (secondary N) is 1. The zero-order valence-corrected chi connectivity index (χ0v) is 20.7. The summed E-state index contributed by atoms with van der Waals surface area (Å²) in [6.07, 6.45) is -2.48. The molecule has 10 heteroatoms. The molecular formula is C26H29F3N6O. The quantitative estimate of drug-likeness (QED) is 0.515. The van der Waals surface area contributed by atoms with Gasteiger partial charge >= 0.3 is 6.18 Å². The minimum absolute atomic E-state index is 0.108. The van der Waals surface area contributed by atoms with Gasteiger partial charge in [0.25, 0.3) is 5.78 Å². The Hall–Kier alpha value is -3.17. The lowest BCUT2D eigenvalue weighted by Crippen LogP contribution is -2.66. The first kappa shape index (κ1) is 23.2. The van der Waals surface area contributed by atoms with Crippen LogP contribution in [0, 0.1) is 17.3 Å². The van der Waals surface area contributed by atoms with Crippen LogP contribution in [0.5, 0.6) is 0 Å². The predicted octanol–water partition coefficient (Wildman–Crippen LogP) is 5.33. The van der Waals surface area contributed by atoms with E-state index in [0.29, 0.717) is 42.1 Å². The number of amides is 1. The van der Waals surface area contributed by atoms with Gasteiger partial charge < -0.3 is 10.2 Å². The summed E-state index contributed by atoms with van der Waals surface area (Å²) in [5, 5.41) is 11.9. The van der Waals surface area contributed by atoms with E-state index in [0.717, 1.165) is 42.1 Å². The van der Waals surface area contributed by atoms with Crippen molar-refractivity contribution in [3.63, 3.8) is 0 Å². The number of carbonyl (C=O) groups excluding carboxylic acids is 1. The summed E-state index contributed by atoms with van der Waals surface area (Å²) >= 11 is 0. The highest BCUT2D eigenvalue weighted by Crippen LogP contribution is 2.69. The van der Waals surface area contributed by atoms with Crippen molar-refractivity contribution in [3.05, 3.63) is 52.5 Å². The molecule has 2 aromatic heterocycles. The Labute approximate surface area is 207 Å². The third-order valence-corrected chi connectivity index (χ3v) is 8.60. The van der Waals surface area contributed by atoms with E-state index in [1.54, 1.807) is 13.0 Å². The number of benzene rings is 1. The Morgan fingerprint density at radius 2 is 1.92 bits per heavy atom. The molecule has 3 aliphatic carbocycles. The molecule has 0 spiro atoms. The van der Waals surface area contributed by atoms with Crippen molar-refractivity contribution in [2.45, 2.75) is 71.8 Å². The van der Waals surface area contributed by atoms with Crippen LogP contribution in [0.15, 0.2) is 24.3 Å². The van der Waals surface area contributed by atoms with Gasteiger partial charge in [0.1, 0.15) is 11.6 Å². The summed E-state index contributed by atoms with van der Waals surface area (Å²) in [4.78, 5) is 20.2. The fourth-order valence-corrected chi connectivity index (χ4v) is 6.14. The number of carbonyl (C=O) groups is 1. The van der Waals surface area contributed by atoms with E-state index in [1.807, 2.05) is 23.1 Å². The lowest BCUT2D eigenvalue weighted by atomic mass is 9.37. The third kappa shape index (κ3) is 3.25. The largest absolute Gasteiger partial charge is 0.416 e. The second-order valence-electron chi connectivity index (χ2n) is 11.0. The number of hydrogen-bond donors (Lipinski definition) is 1. The summed E-state index contributed by atoms with van der Waals surface area (Å²) in [7, 11) is 0. The van der Waals surface area contributed by atoms with Crippen LogP contribution in [0.3, 0.4) is 0 Å². The third-order valence-electron chi connectivity index (χ3n) is 8.60. The molecule has 3 aromatic rings. The first-order chi connectivity index (χ1) is 17.0. The summed E-state index contributed by atoms with van der Waals surface area (Å²) in [5.41, 5.74) is 1.37. The summed E-state index contributed by atoms with van der Waals surface area (Å²) in [5.74, 6) is 3.12. The molecule has 0 radical (unpaired) electrons. The maximum atomic E-state index is 13.6. The smallest absolute Gasteiger partial charge is 0.363 e. The minimum atomic E-state index is -4.41. The Morgan fingerprint density at radius 3 is 2.53 bits per heavy atom. The number of anilines is 1. The molecule has 3 heterocycles. The van der Waals surface area contributed by atoms with Crippen molar-refractivity contribution in [2.24, 2.45) is 17.3 Å². The maximum absolute atomic E-state index is 13.6. The zero-order chi connectivity index (χ0) is 25.6. The van der Waals surface area contributed by atoms with Gasteiger partial charge in [-0.15, -0.1) is 10.2 Å². The molecule has 1 amide bonds. The molecule has 4 aliphatic rings. The fraction of sp³-hybridized carbons (Fsp3) is 0.538. The molecule has 1 aliphatic heterocycles. The molecule has 2 bridgehead atoms. The van der Waals surface area contributed by atoms with Gasteiger partial charge in [0.2, 0.25) is 5.91 Å². The second-order valence-corrected chi connectivity index (χ2v) is 11.0. The molecule has 1 aromatic carbocycles. The highest BCUT2D eigenvalue weighted by atomic mass is 19.4.